The molecule has 0 spiro atoms. The number of amides is 1. The largest absolute Gasteiger partial charge is 0.480 e. The summed E-state index contributed by atoms with van der Waals surface area (Å²) in [7, 11) is 1.59. The number of unbranched alkanes of at least 4 members (excludes halogenated alkanes) is 2. The van der Waals surface area contributed by atoms with Crippen LogP contribution >= 0.6 is 0 Å². The zero-order valence-corrected chi connectivity index (χ0v) is 21.0. The van der Waals surface area contributed by atoms with Crippen LogP contribution in [0.25, 0.3) is 0 Å². The second-order valence-electron chi connectivity index (χ2n) is 9.09. The molecular weight excluding hydrogens is 458 g/mol. The minimum absolute atomic E-state index is 0.0344. The third kappa shape index (κ3) is 10.0. The van der Waals surface area contributed by atoms with E-state index in [9.17, 15) is 23.5 Å². The lowest BCUT2D eigenvalue weighted by Gasteiger charge is -2.25. The van der Waals surface area contributed by atoms with E-state index in [4.69, 9.17) is 9.72 Å². The summed E-state index contributed by atoms with van der Waals surface area (Å²) in [6.45, 7) is 4.82. The van der Waals surface area contributed by atoms with Crippen molar-refractivity contribution in [1.29, 1.82) is 0 Å². The third-order valence-corrected chi connectivity index (χ3v) is 6.23. The van der Waals surface area contributed by atoms with Crippen molar-refractivity contribution in [2.45, 2.75) is 76.7 Å². The molecule has 1 aromatic heterocycles. The van der Waals surface area contributed by atoms with Gasteiger partial charge in [-0.2, -0.15) is 8.78 Å². The lowest BCUT2D eigenvalue weighted by molar-refractivity contribution is -0.152. The zero-order valence-electron chi connectivity index (χ0n) is 21.0. The fourth-order valence-corrected chi connectivity index (χ4v) is 4.05. The molecule has 1 aliphatic rings. The normalized spacial score (nSPS) is 14.3. The molecule has 1 aromatic rings. The maximum atomic E-state index is 14.0. The summed E-state index contributed by atoms with van der Waals surface area (Å²) in [5, 5.41) is 14.8. The number of carbonyl (C=O) groups is 2. The summed E-state index contributed by atoms with van der Waals surface area (Å²) in [5.41, 5.74) is 2.30. The van der Waals surface area contributed by atoms with Crippen molar-refractivity contribution in [1.82, 2.24) is 15.2 Å². The molecule has 0 aliphatic carbocycles. The molecule has 35 heavy (non-hydrogen) atoms. The number of hydrogen-bond acceptors (Lipinski definition) is 6. The van der Waals surface area contributed by atoms with E-state index in [-0.39, 0.29) is 12.8 Å². The second-order valence-corrected chi connectivity index (χ2v) is 9.09. The smallest absolute Gasteiger partial charge is 0.326 e. The van der Waals surface area contributed by atoms with Gasteiger partial charge in [-0.15, -0.1) is 0 Å². The minimum atomic E-state index is -3.57. The molecule has 0 bridgehead atoms. The average molecular weight is 499 g/mol. The van der Waals surface area contributed by atoms with E-state index in [1.807, 2.05) is 10.2 Å². The Labute approximate surface area is 206 Å². The number of alkyl halides is 2. The average Bonchev–Trinajstić information content (AvgIpc) is 2.85. The number of nitrogens with zero attached hydrogens (tertiary/aromatic N) is 2. The Bertz CT molecular complexity index is 810. The van der Waals surface area contributed by atoms with Crippen molar-refractivity contribution < 1.29 is 28.2 Å². The number of fused-ring (bicyclic) bond motifs is 1. The first-order valence-electron chi connectivity index (χ1n) is 12.6. The van der Waals surface area contributed by atoms with Crippen LogP contribution in [0.15, 0.2) is 12.1 Å². The minimum Gasteiger partial charge on any atom is -0.480 e. The molecule has 0 fully saturated rings. The number of rotatable bonds is 17. The third-order valence-electron chi connectivity index (χ3n) is 6.23. The Morgan fingerprint density at radius 2 is 2.06 bits per heavy atom. The highest BCUT2D eigenvalue weighted by molar-refractivity contribution is 5.88. The van der Waals surface area contributed by atoms with Crippen molar-refractivity contribution in [2.24, 2.45) is 0 Å². The molecule has 0 saturated carbocycles. The van der Waals surface area contributed by atoms with Gasteiger partial charge in [0.15, 0.2) is 0 Å². The van der Waals surface area contributed by atoms with Gasteiger partial charge < -0.3 is 25.4 Å². The van der Waals surface area contributed by atoms with Crippen molar-refractivity contribution in [3.8, 4) is 0 Å². The van der Waals surface area contributed by atoms with Crippen LogP contribution in [0.3, 0.4) is 0 Å². The summed E-state index contributed by atoms with van der Waals surface area (Å²) >= 11 is 0. The second kappa shape index (κ2) is 14.9. The molecule has 2 rings (SSSR count). The first-order valence-corrected chi connectivity index (χ1v) is 12.6. The fraction of sp³-hybridized carbons (Fsp3) is 0.720. The fourth-order valence-electron chi connectivity index (χ4n) is 4.05. The van der Waals surface area contributed by atoms with Crippen LogP contribution in [0, 0.1) is 0 Å². The van der Waals surface area contributed by atoms with Crippen molar-refractivity contribution in [3.05, 3.63) is 23.4 Å². The lowest BCUT2D eigenvalue weighted by atomic mass is 10.1. The molecule has 3 N–H and O–H groups in total. The number of carbonyl (C=O) groups excluding carboxylic acids is 1. The number of carboxylic acid groups (broad SMARTS) is 1. The number of pyridine rings is 1. The summed E-state index contributed by atoms with van der Waals surface area (Å²) in [4.78, 5) is 30.3. The van der Waals surface area contributed by atoms with Crippen LogP contribution in [0.4, 0.5) is 14.6 Å². The van der Waals surface area contributed by atoms with Gasteiger partial charge in [0.05, 0.1) is 6.61 Å². The quantitative estimate of drug-likeness (QED) is 0.283. The molecule has 2 heterocycles. The highest BCUT2D eigenvalue weighted by Crippen LogP contribution is 2.22. The molecule has 1 unspecified atom stereocenters. The summed E-state index contributed by atoms with van der Waals surface area (Å²) in [6.07, 6.45) is 4.97. The first-order chi connectivity index (χ1) is 16.8. The lowest BCUT2D eigenvalue weighted by Crippen LogP contribution is -2.49. The number of aliphatic carboxylic acids is 1. The predicted octanol–water partition coefficient (Wildman–Crippen LogP) is 3.50. The molecule has 0 aromatic carbocycles. The standard InChI is InChI=1S/C25H40F2N4O4/c1-3-4-13-25(26,27)24(34)30-21(23(32)33)12-16-31(17-18-35-2)15-6-5-9-20-11-10-19-8-7-14-28-22(19)29-20/h10-11,21H,3-9,12-18H2,1-2H3,(H,28,29)(H,30,34)(H,32,33). The van der Waals surface area contributed by atoms with E-state index in [0.717, 1.165) is 50.2 Å². The number of nitrogens with one attached hydrogen (secondary N) is 2. The summed E-state index contributed by atoms with van der Waals surface area (Å²) in [5.74, 6) is -5.42. The number of anilines is 1. The maximum Gasteiger partial charge on any atom is 0.326 e. The van der Waals surface area contributed by atoms with E-state index < -0.39 is 30.3 Å². The SMILES string of the molecule is CCCCC(F)(F)C(=O)NC(CCN(CCCCc1ccc2c(n1)NCCC2)CCOC)C(=O)O. The molecular formula is C25H40F2N4O4. The van der Waals surface area contributed by atoms with Crippen LogP contribution in [0.2, 0.25) is 0 Å². The summed E-state index contributed by atoms with van der Waals surface area (Å²) in [6, 6.07) is 2.85. The topological polar surface area (TPSA) is 104 Å². The number of methoxy groups -OCH3 is 1. The van der Waals surface area contributed by atoms with Crippen LogP contribution in [0.5, 0.6) is 0 Å². The summed E-state index contributed by atoms with van der Waals surface area (Å²) < 4.78 is 33.1. The van der Waals surface area contributed by atoms with Gasteiger partial charge in [-0.05, 0) is 63.1 Å². The van der Waals surface area contributed by atoms with Crippen LogP contribution in [0.1, 0.15) is 63.1 Å². The van der Waals surface area contributed by atoms with Crippen LogP contribution in [-0.2, 0) is 27.2 Å². The molecule has 1 aliphatic heterocycles. The van der Waals surface area contributed by atoms with Gasteiger partial charge in [-0.1, -0.05) is 19.4 Å². The van der Waals surface area contributed by atoms with Crippen LogP contribution < -0.4 is 10.6 Å². The molecule has 1 atom stereocenters. The first kappa shape index (κ1) is 28.9. The van der Waals surface area contributed by atoms with E-state index in [1.165, 1.54) is 5.56 Å². The number of hydrogen-bond donors (Lipinski definition) is 3. The molecule has 10 heteroatoms. The van der Waals surface area contributed by atoms with E-state index in [1.54, 1.807) is 14.0 Å². The molecule has 1 amide bonds. The Kier molecular flexibility index (Phi) is 12.3. The monoisotopic (exact) mass is 498 g/mol. The van der Waals surface area contributed by atoms with E-state index in [0.29, 0.717) is 32.7 Å². The van der Waals surface area contributed by atoms with E-state index >= 15 is 0 Å². The van der Waals surface area contributed by atoms with Gasteiger partial charge in [0.2, 0.25) is 0 Å². The highest BCUT2D eigenvalue weighted by atomic mass is 19.3. The zero-order chi connectivity index (χ0) is 25.7. The van der Waals surface area contributed by atoms with Crippen molar-refractivity contribution >= 4 is 17.7 Å². The Morgan fingerprint density at radius 3 is 2.77 bits per heavy atom. The predicted molar refractivity (Wildman–Crippen MR) is 131 cm³/mol. The van der Waals surface area contributed by atoms with Gasteiger partial charge in [0.25, 0.3) is 5.91 Å². The van der Waals surface area contributed by atoms with Crippen LogP contribution in [-0.4, -0.2) is 78.7 Å². The Hall–Kier alpha value is -2.33. The van der Waals surface area contributed by atoms with Gasteiger partial charge in [-0.3, -0.25) is 4.79 Å². The van der Waals surface area contributed by atoms with Crippen molar-refractivity contribution in [2.75, 3.05) is 45.2 Å². The maximum absolute atomic E-state index is 14.0. The number of ether oxygens (including phenoxy) is 1. The van der Waals surface area contributed by atoms with Gasteiger partial charge in [0, 0.05) is 38.9 Å². The molecule has 0 radical (unpaired) electrons. The van der Waals surface area contributed by atoms with Crippen molar-refractivity contribution in [3.63, 3.8) is 0 Å². The molecule has 198 valence electrons. The van der Waals surface area contributed by atoms with Gasteiger partial charge >= 0.3 is 11.9 Å². The molecule has 8 nitrogen and oxygen atoms in total. The number of aryl methyl sites for hydroxylation is 2. The van der Waals surface area contributed by atoms with Gasteiger partial charge in [0.1, 0.15) is 11.9 Å². The van der Waals surface area contributed by atoms with E-state index in [2.05, 4.69) is 17.4 Å². The number of aromatic nitrogens is 1. The molecule has 0 saturated heterocycles. The number of halogens is 2. The number of carboxylic acids is 1. The Morgan fingerprint density at radius 1 is 1.26 bits per heavy atom. The highest BCUT2D eigenvalue weighted by Gasteiger charge is 2.39. The van der Waals surface area contributed by atoms with Gasteiger partial charge in [-0.25, -0.2) is 9.78 Å². The Balaban J connectivity index is 1.83.